The standard InChI is InChI=1S/C29H34N6O5/c1-5-34(6-2)16-15-33(3)25(32-39)21-9-7-20(8-10-21)13-14-29(27(37)30-28(38)31-29)19-35-18-22-11-12-23(40-4)17-24(22)26(35)36/h7-12,17,39H,5-6,15-16,18-19H2,1-4H3,(H2,30,31,37,38)/t29-/m1/s1. The fourth-order valence-electron chi connectivity index (χ4n) is 4.78. The molecule has 2 aliphatic heterocycles. The molecule has 0 bridgehead atoms. The van der Waals surface area contributed by atoms with Gasteiger partial charge in [-0.3, -0.25) is 14.9 Å². The molecular formula is C29H34N6O5. The Hall–Kier alpha value is -4.56. The lowest BCUT2D eigenvalue weighted by molar-refractivity contribution is -0.122. The van der Waals surface area contributed by atoms with Crippen molar-refractivity contribution in [2.45, 2.75) is 25.9 Å². The van der Waals surface area contributed by atoms with E-state index in [2.05, 4.69) is 46.4 Å². The van der Waals surface area contributed by atoms with E-state index in [-0.39, 0.29) is 19.0 Å². The second kappa shape index (κ2) is 12.1. The first-order chi connectivity index (χ1) is 19.2. The van der Waals surface area contributed by atoms with Crippen molar-refractivity contribution in [2.24, 2.45) is 5.16 Å². The predicted molar refractivity (Wildman–Crippen MR) is 149 cm³/mol. The molecule has 2 aliphatic rings. The lowest BCUT2D eigenvalue weighted by Gasteiger charge is -2.26. The van der Waals surface area contributed by atoms with E-state index >= 15 is 0 Å². The van der Waals surface area contributed by atoms with Gasteiger partial charge in [-0.05, 0) is 55.1 Å². The Kier molecular flexibility index (Phi) is 8.60. The highest BCUT2D eigenvalue weighted by atomic mass is 16.5. The van der Waals surface area contributed by atoms with Gasteiger partial charge in [0.05, 0.1) is 13.7 Å². The molecule has 1 saturated heterocycles. The van der Waals surface area contributed by atoms with E-state index in [1.165, 1.54) is 12.0 Å². The molecule has 0 radical (unpaired) electrons. The molecule has 11 nitrogen and oxygen atoms in total. The molecule has 4 amide bonds. The van der Waals surface area contributed by atoms with E-state index in [1.54, 1.807) is 36.4 Å². The predicted octanol–water partition coefficient (Wildman–Crippen LogP) is 1.69. The number of amides is 4. The van der Waals surface area contributed by atoms with Crippen LogP contribution in [-0.2, 0) is 11.3 Å². The minimum absolute atomic E-state index is 0.121. The largest absolute Gasteiger partial charge is 0.497 e. The molecule has 2 aromatic carbocycles. The molecule has 210 valence electrons. The zero-order valence-corrected chi connectivity index (χ0v) is 23.2. The van der Waals surface area contributed by atoms with Crippen LogP contribution in [0.1, 0.15) is 40.9 Å². The molecule has 2 heterocycles. The Labute approximate surface area is 233 Å². The molecular weight excluding hydrogens is 512 g/mol. The number of likely N-dealkylation sites (N-methyl/N-ethyl adjacent to an activating group) is 2. The Morgan fingerprint density at radius 3 is 2.45 bits per heavy atom. The van der Waals surface area contributed by atoms with Gasteiger partial charge in [-0.2, -0.15) is 0 Å². The van der Waals surface area contributed by atoms with Crippen molar-refractivity contribution < 1.29 is 24.3 Å². The molecule has 0 spiro atoms. The SMILES string of the molecule is CCN(CC)CCN(C)C(=NO)c1ccc(C#C[C@]2(CN3Cc4ccc(OC)cc4C3=O)NC(=O)NC2=O)cc1. The summed E-state index contributed by atoms with van der Waals surface area (Å²) in [6.07, 6.45) is 0. The minimum atomic E-state index is -1.61. The number of amidine groups is 1. The van der Waals surface area contributed by atoms with Crippen molar-refractivity contribution in [3.8, 4) is 17.6 Å². The Morgan fingerprint density at radius 2 is 1.85 bits per heavy atom. The van der Waals surface area contributed by atoms with Crippen LogP contribution in [0.25, 0.3) is 0 Å². The number of benzene rings is 2. The summed E-state index contributed by atoms with van der Waals surface area (Å²) in [4.78, 5) is 43.8. The quantitative estimate of drug-likeness (QED) is 0.109. The number of nitrogens with zero attached hydrogens (tertiary/aromatic N) is 4. The summed E-state index contributed by atoms with van der Waals surface area (Å²) in [5.74, 6) is 5.98. The van der Waals surface area contributed by atoms with Gasteiger partial charge in [-0.25, -0.2) is 4.79 Å². The van der Waals surface area contributed by atoms with E-state index in [0.29, 0.717) is 34.8 Å². The van der Waals surface area contributed by atoms with Gasteiger partial charge >= 0.3 is 6.03 Å². The van der Waals surface area contributed by atoms with Crippen molar-refractivity contribution in [3.63, 3.8) is 0 Å². The monoisotopic (exact) mass is 546 g/mol. The zero-order valence-electron chi connectivity index (χ0n) is 23.2. The maximum atomic E-state index is 13.1. The second-order valence-electron chi connectivity index (χ2n) is 9.70. The van der Waals surface area contributed by atoms with Crippen LogP contribution >= 0.6 is 0 Å². The van der Waals surface area contributed by atoms with Gasteiger partial charge in [0.2, 0.25) is 5.54 Å². The van der Waals surface area contributed by atoms with E-state index in [9.17, 15) is 19.6 Å². The lowest BCUT2D eigenvalue weighted by atomic mass is 9.99. The molecule has 40 heavy (non-hydrogen) atoms. The first kappa shape index (κ1) is 28.4. The van der Waals surface area contributed by atoms with Gasteiger partial charge in [-0.15, -0.1) is 0 Å². The van der Waals surface area contributed by atoms with Gasteiger partial charge < -0.3 is 30.0 Å². The van der Waals surface area contributed by atoms with Crippen LogP contribution in [0.15, 0.2) is 47.6 Å². The van der Waals surface area contributed by atoms with Crippen molar-refractivity contribution in [3.05, 3.63) is 64.7 Å². The molecule has 0 aliphatic carbocycles. The first-order valence-corrected chi connectivity index (χ1v) is 13.1. The molecule has 3 N–H and O–H groups in total. The molecule has 2 aromatic rings. The fraction of sp³-hybridized carbons (Fsp3) is 0.379. The average molecular weight is 547 g/mol. The van der Waals surface area contributed by atoms with Crippen molar-refractivity contribution in [2.75, 3.05) is 46.9 Å². The summed E-state index contributed by atoms with van der Waals surface area (Å²) in [5.41, 5.74) is 0.970. The molecule has 1 fully saturated rings. The van der Waals surface area contributed by atoms with Crippen LogP contribution in [0.5, 0.6) is 5.75 Å². The number of carbonyl (C=O) groups is 3. The summed E-state index contributed by atoms with van der Waals surface area (Å²) in [6, 6.07) is 11.6. The summed E-state index contributed by atoms with van der Waals surface area (Å²) < 4.78 is 5.23. The van der Waals surface area contributed by atoms with Crippen LogP contribution in [0.3, 0.4) is 0 Å². The molecule has 0 saturated carbocycles. The Bertz CT molecular complexity index is 1380. The first-order valence-electron chi connectivity index (χ1n) is 13.1. The van der Waals surface area contributed by atoms with E-state index in [4.69, 9.17) is 4.74 Å². The van der Waals surface area contributed by atoms with Crippen molar-refractivity contribution in [1.82, 2.24) is 25.3 Å². The van der Waals surface area contributed by atoms with E-state index in [0.717, 1.165) is 25.2 Å². The third-order valence-corrected chi connectivity index (χ3v) is 7.23. The molecule has 0 unspecified atom stereocenters. The number of nitrogens with one attached hydrogen (secondary N) is 2. The van der Waals surface area contributed by atoms with E-state index < -0.39 is 17.5 Å². The maximum absolute atomic E-state index is 13.1. The maximum Gasteiger partial charge on any atom is 0.323 e. The van der Waals surface area contributed by atoms with Crippen molar-refractivity contribution in [1.29, 1.82) is 0 Å². The number of methoxy groups -OCH3 is 1. The third-order valence-electron chi connectivity index (χ3n) is 7.23. The number of imide groups is 1. The van der Waals surface area contributed by atoms with Crippen molar-refractivity contribution >= 4 is 23.7 Å². The lowest BCUT2D eigenvalue weighted by Crippen LogP contribution is -2.54. The van der Waals surface area contributed by atoms with E-state index in [1.807, 2.05) is 18.0 Å². The minimum Gasteiger partial charge on any atom is -0.497 e. The number of fused-ring (bicyclic) bond motifs is 1. The highest BCUT2D eigenvalue weighted by Crippen LogP contribution is 2.28. The summed E-state index contributed by atoms with van der Waals surface area (Å²) in [6.45, 7) is 7.77. The van der Waals surface area contributed by atoms with Crippen LogP contribution < -0.4 is 15.4 Å². The topological polar surface area (TPSA) is 127 Å². The summed E-state index contributed by atoms with van der Waals surface area (Å²) in [7, 11) is 3.39. The highest BCUT2D eigenvalue weighted by Gasteiger charge is 2.48. The number of rotatable bonds is 9. The smallest absolute Gasteiger partial charge is 0.323 e. The third kappa shape index (κ3) is 5.87. The van der Waals surface area contributed by atoms with Gasteiger partial charge in [-0.1, -0.05) is 36.9 Å². The van der Waals surface area contributed by atoms with Crippen LogP contribution in [-0.4, -0.2) is 96.0 Å². The highest BCUT2D eigenvalue weighted by molar-refractivity contribution is 6.10. The zero-order chi connectivity index (χ0) is 28.9. The summed E-state index contributed by atoms with van der Waals surface area (Å²) in [5, 5.41) is 18.0. The number of oxime groups is 1. The second-order valence-corrected chi connectivity index (χ2v) is 9.70. The number of hydrogen-bond donors (Lipinski definition) is 3. The average Bonchev–Trinajstić information content (AvgIpc) is 3.42. The molecule has 1 atom stereocenters. The summed E-state index contributed by atoms with van der Waals surface area (Å²) >= 11 is 0. The number of hydrogen-bond acceptors (Lipinski definition) is 7. The fourth-order valence-corrected chi connectivity index (χ4v) is 4.78. The van der Waals surface area contributed by atoms with Gasteiger partial charge in [0.15, 0.2) is 5.84 Å². The number of urea groups is 1. The Balaban J connectivity index is 1.52. The molecule has 0 aromatic heterocycles. The molecule has 4 rings (SSSR count). The number of ether oxygens (including phenoxy) is 1. The van der Waals surface area contributed by atoms with Crippen LogP contribution in [0, 0.1) is 11.8 Å². The Morgan fingerprint density at radius 1 is 1.12 bits per heavy atom. The van der Waals surface area contributed by atoms with Crippen LogP contribution in [0.2, 0.25) is 0 Å². The number of carbonyl (C=O) groups excluding carboxylic acids is 3. The van der Waals surface area contributed by atoms with Gasteiger partial charge in [0.25, 0.3) is 11.8 Å². The van der Waals surface area contributed by atoms with Gasteiger partial charge in [0.1, 0.15) is 5.75 Å². The normalized spacial score (nSPS) is 18.3. The van der Waals surface area contributed by atoms with Gasteiger partial charge in [0, 0.05) is 43.4 Å². The van der Waals surface area contributed by atoms with Crippen LogP contribution in [0.4, 0.5) is 4.79 Å². The molecule has 11 heteroatoms.